The van der Waals surface area contributed by atoms with Crippen molar-refractivity contribution in [1.29, 1.82) is 0 Å². The summed E-state index contributed by atoms with van der Waals surface area (Å²) in [4.78, 5) is 7.45. The minimum absolute atomic E-state index is 1.16. The average Bonchev–Trinajstić information content (AvgIpc) is 3.45. The predicted octanol–water partition coefficient (Wildman–Crippen LogP) is 9.72. The van der Waals surface area contributed by atoms with Crippen LogP contribution in [0.1, 0.15) is 25.3 Å². The van der Waals surface area contributed by atoms with Crippen molar-refractivity contribution >= 4 is 77.0 Å². The van der Waals surface area contributed by atoms with Crippen LogP contribution in [-0.4, -0.2) is 9.97 Å². The number of nitrogens with one attached hydrogen (secondary N) is 2. The van der Waals surface area contributed by atoms with E-state index in [1.54, 1.807) is 0 Å². The predicted molar refractivity (Wildman–Crippen MR) is 159 cm³/mol. The standard InChI is InChI=1S/C32H25IN2/c1-2-3-4-19-5-7-20(8-6-19)21-9-11-23-25-13-15-28-27(31(25)34-29(23)17-21)16-14-26-24-12-10-22(33)18-30(24)35-32(26)28/h5-18,34-35H,2-4H2,1H3. The Kier molecular flexibility index (Phi) is 4.88. The van der Waals surface area contributed by atoms with Crippen molar-refractivity contribution in [3.05, 3.63) is 94.1 Å². The molecular weight excluding hydrogens is 539 g/mol. The Balaban J connectivity index is 1.38. The smallest absolute Gasteiger partial charge is 0.0545 e. The molecule has 2 heterocycles. The van der Waals surface area contributed by atoms with Gasteiger partial charge < -0.3 is 9.97 Å². The Labute approximate surface area is 217 Å². The van der Waals surface area contributed by atoms with Crippen LogP contribution >= 0.6 is 22.6 Å². The molecule has 0 saturated carbocycles. The van der Waals surface area contributed by atoms with Crippen molar-refractivity contribution < 1.29 is 0 Å². The van der Waals surface area contributed by atoms with Gasteiger partial charge in [-0.05, 0) is 70.3 Å². The summed E-state index contributed by atoms with van der Waals surface area (Å²) in [5, 5.41) is 7.63. The topological polar surface area (TPSA) is 31.6 Å². The van der Waals surface area contributed by atoms with Crippen LogP contribution in [0.25, 0.3) is 65.5 Å². The van der Waals surface area contributed by atoms with E-state index in [0.717, 1.165) is 6.42 Å². The highest BCUT2D eigenvalue weighted by atomic mass is 127. The molecule has 3 heteroatoms. The first-order valence-electron chi connectivity index (χ1n) is 12.4. The fraction of sp³-hybridized carbons (Fsp3) is 0.125. The van der Waals surface area contributed by atoms with Gasteiger partial charge in [0.25, 0.3) is 0 Å². The molecule has 170 valence electrons. The molecule has 0 saturated heterocycles. The fourth-order valence-electron chi connectivity index (χ4n) is 5.55. The number of hydrogen-bond acceptors (Lipinski definition) is 0. The molecular formula is C32H25IN2. The molecule has 0 aliphatic rings. The van der Waals surface area contributed by atoms with Crippen molar-refractivity contribution in [3.63, 3.8) is 0 Å². The molecule has 7 aromatic rings. The van der Waals surface area contributed by atoms with Gasteiger partial charge in [0.2, 0.25) is 0 Å². The van der Waals surface area contributed by atoms with Crippen LogP contribution in [0.5, 0.6) is 0 Å². The second-order valence-corrected chi connectivity index (χ2v) is 10.8. The molecule has 35 heavy (non-hydrogen) atoms. The molecule has 2 aromatic heterocycles. The molecule has 0 aliphatic carbocycles. The van der Waals surface area contributed by atoms with Crippen LogP contribution in [0.3, 0.4) is 0 Å². The lowest BCUT2D eigenvalue weighted by Gasteiger charge is -2.05. The third kappa shape index (κ3) is 3.36. The van der Waals surface area contributed by atoms with Gasteiger partial charge in [-0.25, -0.2) is 0 Å². The van der Waals surface area contributed by atoms with Crippen LogP contribution in [0.15, 0.2) is 84.9 Å². The largest absolute Gasteiger partial charge is 0.354 e. The van der Waals surface area contributed by atoms with E-state index in [4.69, 9.17) is 0 Å². The van der Waals surface area contributed by atoms with Gasteiger partial charge in [-0.3, -0.25) is 0 Å². The summed E-state index contributed by atoms with van der Waals surface area (Å²) < 4.78 is 1.25. The maximum atomic E-state index is 3.76. The van der Waals surface area contributed by atoms with Crippen LogP contribution < -0.4 is 0 Å². The van der Waals surface area contributed by atoms with Crippen molar-refractivity contribution in [1.82, 2.24) is 9.97 Å². The van der Waals surface area contributed by atoms with Gasteiger partial charge in [0.05, 0.1) is 11.0 Å². The Hall–Kier alpha value is -3.31. The van der Waals surface area contributed by atoms with Crippen molar-refractivity contribution in [2.75, 3.05) is 0 Å². The molecule has 0 spiro atoms. The lowest BCUT2D eigenvalue weighted by Crippen LogP contribution is -1.85. The Morgan fingerprint density at radius 2 is 1.09 bits per heavy atom. The van der Waals surface area contributed by atoms with E-state index >= 15 is 0 Å². The van der Waals surface area contributed by atoms with Crippen LogP contribution in [0.2, 0.25) is 0 Å². The number of fused-ring (bicyclic) bond motifs is 9. The van der Waals surface area contributed by atoms with Gasteiger partial charge in [0, 0.05) is 46.9 Å². The number of rotatable bonds is 4. The summed E-state index contributed by atoms with van der Waals surface area (Å²) >= 11 is 2.38. The van der Waals surface area contributed by atoms with E-state index in [-0.39, 0.29) is 0 Å². The molecule has 2 nitrogen and oxygen atoms in total. The third-order valence-corrected chi connectivity index (χ3v) is 8.08. The number of unbranched alkanes of at least 4 members (excludes halogenated alkanes) is 1. The zero-order chi connectivity index (χ0) is 23.5. The molecule has 0 unspecified atom stereocenters. The van der Waals surface area contributed by atoms with Gasteiger partial charge >= 0.3 is 0 Å². The number of benzene rings is 5. The second-order valence-electron chi connectivity index (χ2n) is 9.57. The molecule has 0 bridgehead atoms. The zero-order valence-corrected chi connectivity index (χ0v) is 21.7. The number of aromatic amines is 2. The number of aromatic nitrogens is 2. The summed E-state index contributed by atoms with van der Waals surface area (Å²) in [6, 6.07) is 31.6. The first kappa shape index (κ1) is 21.0. The first-order chi connectivity index (χ1) is 17.2. The highest BCUT2D eigenvalue weighted by Crippen LogP contribution is 2.38. The van der Waals surface area contributed by atoms with Gasteiger partial charge in [0.15, 0.2) is 0 Å². The molecule has 0 atom stereocenters. The van der Waals surface area contributed by atoms with Crippen LogP contribution in [0, 0.1) is 3.57 Å². The SMILES string of the molecule is CCCCc1ccc(-c2ccc3c(c2)[nH]c2c3ccc3c2ccc2c4ccc(I)cc4[nH]c23)cc1. The normalized spacial score (nSPS) is 12.1. The summed E-state index contributed by atoms with van der Waals surface area (Å²) in [6.45, 7) is 2.25. The van der Waals surface area contributed by atoms with E-state index in [2.05, 4.69) is 124 Å². The summed E-state index contributed by atoms with van der Waals surface area (Å²) in [5.74, 6) is 0. The van der Waals surface area contributed by atoms with E-state index in [9.17, 15) is 0 Å². The van der Waals surface area contributed by atoms with E-state index in [0.29, 0.717) is 0 Å². The maximum absolute atomic E-state index is 3.76. The highest BCUT2D eigenvalue weighted by molar-refractivity contribution is 14.1. The first-order valence-corrected chi connectivity index (χ1v) is 13.4. The lowest BCUT2D eigenvalue weighted by molar-refractivity contribution is 0.795. The van der Waals surface area contributed by atoms with E-state index in [1.807, 2.05) is 0 Å². The molecule has 5 aromatic carbocycles. The number of halogens is 1. The molecule has 0 aliphatic heterocycles. The number of H-pyrrole nitrogens is 2. The highest BCUT2D eigenvalue weighted by Gasteiger charge is 2.13. The molecule has 2 N–H and O–H groups in total. The second kappa shape index (κ2) is 8.13. The number of aryl methyl sites for hydroxylation is 1. The monoisotopic (exact) mass is 564 g/mol. The summed E-state index contributed by atoms with van der Waals surface area (Å²) in [5.41, 5.74) is 8.75. The van der Waals surface area contributed by atoms with Gasteiger partial charge in [-0.2, -0.15) is 0 Å². The quantitative estimate of drug-likeness (QED) is 0.200. The van der Waals surface area contributed by atoms with Crippen molar-refractivity contribution in [2.24, 2.45) is 0 Å². The third-order valence-electron chi connectivity index (χ3n) is 7.41. The van der Waals surface area contributed by atoms with Crippen molar-refractivity contribution in [3.8, 4) is 11.1 Å². The average molecular weight is 564 g/mol. The number of hydrogen-bond donors (Lipinski definition) is 2. The fourth-order valence-corrected chi connectivity index (χ4v) is 6.05. The van der Waals surface area contributed by atoms with E-state index in [1.165, 1.54) is 87.5 Å². The van der Waals surface area contributed by atoms with Gasteiger partial charge in [-0.1, -0.05) is 80.1 Å². The van der Waals surface area contributed by atoms with Gasteiger partial charge in [-0.15, -0.1) is 0 Å². The zero-order valence-electron chi connectivity index (χ0n) is 19.6. The molecule has 0 radical (unpaired) electrons. The van der Waals surface area contributed by atoms with Crippen LogP contribution in [0.4, 0.5) is 0 Å². The Bertz CT molecular complexity index is 1890. The maximum Gasteiger partial charge on any atom is 0.0545 e. The molecule has 0 amide bonds. The molecule has 0 fully saturated rings. The van der Waals surface area contributed by atoms with Gasteiger partial charge in [0.1, 0.15) is 0 Å². The summed E-state index contributed by atoms with van der Waals surface area (Å²) in [6.07, 6.45) is 3.64. The minimum Gasteiger partial charge on any atom is -0.354 e. The van der Waals surface area contributed by atoms with E-state index < -0.39 is 0 Å². The Morgan fingerprint density at radius 3 is 1.71 bits per heavy atom. The lowest BCUT2D eigenvalue weighted by atomic mass is 10.00. The minimum atomic E-state index is 1.16. The van der Waals surface area contributed by atoms with Crippen molar-refractivity contribution in [2.45, 2.75) is 26.2 Å². The molecule has 7 rings (SSSR count). The summed E-state index contributed by atoms with van der Waals surface area (Å²) in [7, 11) is 0. The Morgan fingerprint density at radius 1 is 0.571 bits per heavy atom. The van der Waals surface area contributed by atoms with Crippen LogP contribution in [-0.2, 0) is 6.42 Å².